The van der Waals surface area contributed by atoms with Gasteiger partial charge in [0.15, 0.2) is 22.7 Å². The standard InChI is InChI=1S/C27H20O4/c1-28-22-13-11-16(24-18-7-3-5-9-20(18)30-26(22)24)15-17-12-14-23(29-2)27-25(17)19-8-4-6-10-21(19)31-27/h3-14H,15H2,1-2H3. The van der Waals surface area contributed by atoms with Crippen molar-refractivity contribution < 1.29 is 18.3 Å². The van der Waals surface area contributed by atoms with Crippen LogP contribution in [-0.4, -0.2) is 14.2 Å². The van der Waals surface area contributed by atoms with Gasteiger partial charge in [0.25, 0.3) is 0 Å². The van der Waals surface area contributed by atoms with Crippen molar-refractivity contribution in [2.45, 2.75) is 6.42 Å². The van der Waals surface area contributed by atoms with Crippen molar-refractivity contribution in [3.63, 3.8) is 0 Å². The van der Waals surface area contributed by atoms with Crippen LogP contribution in [-0.2, 0) is 6.42 Å². The number of benzene rings is 4. The summed E-state index contributed by atoms with van der Waals surface area (Å²) in [6.45, 7) is 0. The molecule has 0 aliphatic carbocycles. The number of rotatable bonds is 4. The minimum Gasteiger partial charge on any atom is -0.493 e. The molecule has 0 unspecified atom stereocenters. The molecule has 4 nitrogen and oxygen atoms in total. The lowest BCUT2D eigenvalue weighted by molar-refractivity contribution is 0.412. The van der Waals surface area contributed by atoms with Gasteiger partial charge in [-0.1, -0.05) is 48.5 Å². The summed E-state index contributed by atoms with van der Waals surface area (Å²) in [4.78, 5) is 0. The Labute approximate surface area is 178 Å². The molecular weight excluding hydrogens is 388 g/mol. The fraction of sp³-hybridized carbons (Fsp3) is 0.111. The Morgan fingerprint density at radius 2 is 1.03 bits per heavy atom. The van der Waals surface area contributed by atoms with E-state index in [1.807, 2.05) is 48.5 Å². The molecule has 0 aliphatic rings. The van der Waals surface area contributed by atoms with E-state index in [0.29, 0.717) is 0 Å². The smallest absolute Gasteiger partial charge is 0.177 e. The molecule has 6 rings (SSSR count). The van der Waals surface area contributed by atoms with Crippen LogP contribution < -0.4 is 9.47 Å². The van der Waals surface area contributed by atoms with Crippen LogP contribution >= 0.6 is 0 Å². The molecule has 0 atom stereocenters. The van der Waals surface area contributed by atoms with E-state index in [1.165, 1.54) is 11.1 Å². The normalized spacial score (nSPS) is 11.7. The maximum absolute atomic E-state index is 6.17. The number of methoxy groups -OCH3 is 2. The first-order valence-electron chi connectivity index (χ1n) is 10.2. The van der Waals surface area contributed by atoms with Gasteiger partial charge < -0.3 is 18.3 Å². The molecule has 31 heavy (non-hydrogen) atoms. The third-order valence-electron chi connectivity index (χ3n) is 5.97. The summed E-state index contributed by atoms with van der Waals surface area (Å²) in [6, 6.07) is 24.4. The molecule has 0 fully saturated rings. The molecule has 0 saturated carbocycles. The van der Waals surface area contributed by atoms with Crippen molar-refractivity contribution in [3.05, 3.63) is 83.9 Å². The third-order valence-corrected chi connectivity index (χ3v) is 5.97. The highest BCUT2D eigenvalue weighted by Crippen LogP contribution is 2.41. The van der Waals surface area contributed by atoms with Gasteiger partial charge in [0, 0.05) is 21.5 Å². The topological polar surface area (TPSA) is 44.7 Å². The summed E-state index contributed by atoms with van der Waals surface area (Å²) in [7, 11) is 3.35. The van der Waals surface area contributed by atoms with Gasteiger partial charge in [0.2, 0.25) is 0 Å². The van der Waals surface area contributed by atoms with Crippen molar-refractivity contribution in [3.8, 4) is 11.5 Å². The van der Waals surface area contributed by atoms with Crippen molar-refractivity contribution in [2.75, 3.05) is 14.2 Å². The average molecular weight is 408 g/mol. The second-order valence-electron chi connectivity index (χ2n) is 7.64. The predicted molar refractivity (Wildman–Crippen MR) is 123 cm³/mol. The van der Waals surface area contributed by atoms with Crippen LogP contribution in [0.4, 0.5) is 0 Å². The Morgan fingerprint density at radius 3 is 1.48 bits per heavy atom. The van der Waals surface area contributed by atoms with E-state index in [2.05, 4.69) is 24.3 Å². The summed E-state index contributed by atoms with van der Waals surface area (Å²) in [5.74, 6) is 1.48. The van der Waals surface area contributed by atoms with E-state index in [4.69, 9.17) is 18.3 Å². The van der Waals surface area contributed by atoms with Gasteiger partial charge in [-0.05, 0) is 41.8 Å². The first-order valence-corrected chi connectivity index (χ1v) is 10.2. The van der Waals surface area contributed by atoms with E-state index in [0.717, 1.165) is 61.8 Å². The molecular formula is C27H20O4. The first kappa shape index (κ1) is 17.9. The Kier molecular flexibility index (Phi) is 3.93. The lowest BCUT2D eigenvalue weighted by Gasteiger charge is -2.09. The summed E-state index contributed by atoms with van der Waals surface area (Å²) in [5, 5.41) is 4.36. The van der Waals surface area contributed by atoms with Gasteiger partial charge in [-0.15, -0.1) is 0 Å². The molecule has 152 valence electrons. The number of hydrogen-bond acceptors (Lipinski definition) is 4. The molecule has 2 aromatic heterocycles. The van der Waals surface area contributed by atoms with Gasteiger partial charge in [-0.25, -0.2) is 0 Å². The molecule has 0 bridgehead atoms. The second-order valence-corrected chi connectivity index (χ2v) is 7.64. The highest BCUT2D eigenvalue weighted by Gasteiger charge is 2.19. The Balaban J connectivity index is 1.63. The minimum atomic E-state index is 0.730. The van der Waals surface area contributed by atoms with Crippen molar-refractivity contribution in [1.82, 2.24) is 0 Å². The molecule has 0 aliphatic heterocycles. The zero-order valence-electron chi connectivity index (χ0n) is 17.3. The van der Waals surface area contributed by atoms with Gasteiger partial charge in [0.05, 0.1) is 14.2 Å². The zero-order chi connectivity index (χ0) is 20.9. The predicted octanol–water partition coefficient (Wildman–Crippen LogP) is 7.09. The van der Waals surface area contributed by atoms with Crippen molar-refractivity contribution >= 4 is 43.9 Å². The van der Waals surface area contributed by atoms with Crippen molar-refractivity contribution in [2.24, 2.45) is 0 Å². The number of hydrogen-bond donors (Lipinski definition) is 0. The van der Waals surface area contributed by atoms with Crippen LogP contribution in [0.25, 0.3) is 43.9 Å². The van der Waals surface area contributed by atoms with E-state index in [9.17, 15) is 0 Å². The minimum absolute atomic E-state index is 0.730. The van der Waals surface area contributed by atoms with Crippen LogP contribution in [0, 0.1) is 0 Å². The van der Waals surface area contributed by atoms with Gasteiger partial charge in [-0.3, -0.25) is 0 Å². The SMILES string of the molecule is COc1ccc(Cc2ccc(OC)c3oc4ccccc4c23)c2c1oc1ccccc12. The molecule has 0 radical (unpaired) electrons. The fourth-order valence-corrected chi connectivity index (χ4v) is 4.57. The Bertz CT molecular complexity index is 1470. The van der Waals surface area contributed by atoms with Gasteiger partial charge in [0.1, 0.15) is 11.2 Å². The van der Waals surface area contributed by atoms with Crippen LogP contribution in [0.15, 0.2) is 81.6 Å². The summed E-state index contributed by atoms with van der Waals surface area (Å²) >= 11 is 0. The fourth-order valence-electron chi connectivity index (χ4n) is 4.57. The number of para-hydroxylation sites is 2. The molecule has 4 heteroatoms. The average Bonchev–Trinajstić information content (AvgIpc) is 3.39. The van der Waals surface area contributed by atoms with E-state index in [1.54, 1.807) is 14.2 Å². The molecule has 2 heterocycles. The van der Waals surface area contributed by atoms with Gasteiger partial charge in [-0.2, -0.15) is 0 Å². The lowest BCUT2D eigenvalue weighted by Crippen LogP contribution is -1.93. The first-order chi connectivity index (χ1) is 15.3. The maximum Gasteiger partial charge on any atom is 0.177 e. The number of ether oxygens (including phenoxy) is 2. The van der Waals surface area contributed by atoms with Crippen molar-refractivity contribution in [1.29, 1.82) is 0 Å². The van der Waals surface area contributed by atoms with Crippen LogP contribution in [0.1, 0.15) is 11.1 Å². The quantitative estimate of drug-likeness (QED) is 0.312. The molecule has 6 aromatic rings. The number of furan rings is 2. The zero-order valence-corrected chi connectivity index (χ0v) is 17.3. The molecule has 4 aromatic carbocycles. The van der Waals surface area contributed by atoms with Crippen LogP contribution in [0.2, 0.25) is 0 Å². The Morgan fingerprint density at radius 1 is 0.581 bits per heavy atom. The highest BCUT2D eigenvalue weighted by molar-refractivity contribution is 6.11. The van der Waals surface area contributed by atoms with Crippen LogP contribution in [0.5, 0.6) is 11.5 Å². The largest absolute Gasteiger partial charge is 0.493 e. The van der Waals surface area contributed by atoms with E-state index in [-0.39, 0.29) is 0 Å². The highest BCUT2D eigenvalue weighted by atomic mass is 16.5. The molecule has 0 saturated heterocycles. The lowest BCUT2D eigenvalue weighted by atomic mass is 9.96. The maximum atomic E-state index is 6.17. The van der Waals surface area contributed by atoms with E-state index >= 15 is 0 Å². The number of fused-ring (bicyclic) bond motifs is 6. The second kappa shape index (κ2) is 6.81. The molecule has 0 amide bonds. The van der Waals surface area contributed by atoms with Gasteiger partial charge >= 0.3 is 0 Å². The van der Waals surface area contributed by atoms with Crippen LogP contribution in [0.3, 0.4) is 0 Å². The summed E-state index contributed by atoms with van der Waals surface area (Å²) < 4.78 is 23.5. The summed E-state index contributed by atoms with van der Waals surface area (Å²) in [6.07, 6.45) is 0.730. The van der Waals surface area contributed by atoms with E-state index < -0.39 is 0 Å². The monoisotopic (exact) mass is 408 g/mol. The Hall–Kier alpha value is -3.92. The third kappa shape index (κ3) is 2.61. The molecule has 0 spiro atoms. The summed E-state index contributed by atoms with van der Waals surface area (Å²) in [5.41, 5.74) is 5.63. The molecule has 0 N–H and O–H groups in total.